The molecule has 0 saturated heterocycles. The van der Waals surface area contributed by atoms with Gasteiger partial charge in [-0.05, 0) is 26.7 Å². The lowest BCUT2D eigenvalue weighted by molar-refractivity contribution is -0.138. The summed E-state index contributed by atoms with van der Waals surface area (Å²) in [5.41, 5.74) is 0. The summed E-state index contributed by atoms with van der Waals surface area (Å²) in [6.07, 6.45) is 8.21. The third-order valence-corrected chi connectivity index (χ3v) is 4.04. The number of hydrogen-bond donors (Lipinski definition) is 2. The molecule has 5 nitrogen and oxygen atoms in total. The molecule has 1 atom stereocenters. The fraction of sp³-hybridized carbons (Fsp3) is 0.867. The number of carbonyl (C=O) groups excluding carboxylic acids is 1. The van der Waals surface area contributed by atoms with Crippen molar-refractivity contribution in [1.82, 2.24) is 10.2 Å². The van der Waals surface area contributed by atoms with Crippen LogP contribution in [-0.4, -0.2) is 40.6 Å². The van der Waals surface area contributed by atoms with E-state index in [2.05, 4.69) is 5.32 Å². The third kappa shape index (κ3) is 5.80. The predicted molar refractivity (Wildman–Crippen MR) is 78.7 cm³/mol. The van der Waals surface area contributed by atoms with Crippen LogP contribution in [0.2, 0.25) is 0 Å². The molecule has 0 aromatic rings. The van der Waals surface area contributed by atoms with Crippen molar-refractivity contribution in [3.05, 3.63) is 0 Å². The molecule has 1 aliphatic rings. The standard InChI is InChI=1S/C15H28N2O3/c1-3-17(12(2)11-14(18)19)15(20)16-13-9-7-5-4-6-8-10-13/h12-13H,3-11H2,1-2H3,(H,16,20)(H,18,19). The number of carbonyl (C=O) groups is 2. The summed E-state index contributed by atoms with van der Waals surface area (Å²) < 4.78 is 0. The van der Waals surface area contributed by atoms with E-state index in [1.165, 1.54) is 32.1 Å². The van der Waals surface area contributed by atoms with E-state index in [9.17, 15) is 9.59 Å². The molecule has 2 amide bonds. The molecule has 0 heterocycles. The highest BCUT2D eigenvalue weighted by atomic mass is 16.4. The Morgan fingerprint density at radius 1 is 1.20 bits per heavy atom. The van der Waals surface area contributed by atoms with Gasteiger partial charge in [-0.25, -0.2) is 4.79 Å². The molecule has 0 aromatic heterocycles. The number of hydrogen-bond acceptors (Lipinski definition) is 2. The fourth-order valence-electron chi connectivity index (χ4n) is 2.88. The van der Waals surface area contributed by atoms with Gasteiger partial charge in [-0.2, -0.15) is 0 Å². The van der Waals surface area contributed by atoms with Crippen LogP contribution in [-0.2, 0) is 4.79 Å². The van der Waals surface area contributed by atoms with Crippen LogP contribution >= 0.6 is 0 Å². The molecule has 1 fully saturated rings. The smallest absolute Gasteiger partial charge is 0.317 e. The minimum Gasteiger partial charge on any atom is -0.481 e. The second-order valence-corrected chi connectivity index (χ2v) is 5.72. The topological polar surface area (TPSA) is 69.6 Å². The summed E-state index contributed by atoms with van der Waals surface area (Å²) in [6.45, 7) is 4.21. The first-order chi connectivity index (χ1) is 9.54. The van der Waals surface area contributed by atoms with E-state index >= 15 is 0 Å². The van der Waals surface area contributed by atoms with Crippen molar-refractivity contribution in [3.63, 3.8) is 0 Å². The summed E-state index contributed by atoms with van der Waals surface area (Å²) in [5, 5.41) is 11.9. The Morgan fingerprint density at radius 3 is 2.25 bits per heavy atom. The van der Waals surface area contributed by atoms with Crippen molar-refractivity contribution >= 4 is 12.0 Å². The first-order valence-electron chi connectivity index (χ1n) is 7.83. The van der Waals surface area contributed by atoms with Crippen molar-refractivity contribution < 1.29 is 14.7 Å². The van der Waals surface area contributed by atoms with E-state index < -0.39 is 5.97 Å². The molecule has 1 saturated carbocycles. The lowest BCUT2D eigenvalue weighted by atomic mass is 9.97. The molecule has 0 aliphatic heterocycles. The van der Waals surface area contributed by atoms with Crippen LogP contribution in [0.4, 0.5) is 4.79 Å². The van der Waals surface area contributed by atoms with Crippen LogP contribution in [0.5, 0.6) is 0 Å². The fourth-order valence-corrected chi connectivity index (χ4v) is 2.88. The molecule has 1 aliphatic carbocycles. The third-order valence-electron chi connectivity index (χ3n) is 4.04. The number of aliphatic carboxylic acids is 1. The molecule has 0 spiro atoms. The van der Waals surface area contributed by atoms with Crippen molar-refractivity contribution in [1.29, 1.82) is 0 Å². The first-order valence-corrected chi connectivity index (χ1v) is 7.83. The molecular weight excluding hydrogens is 256 g/mol. The summed E-state index contributed by atoms with van der Waals surface area (Å²) in [4.78, 5) is 24.7. The molecule has 1 unspecified atom stereocenters. The highest BCUT2D eigenvalue weighted by Crippen LogP contribution is 2.17. The Morgan fingerprint density at radius 2 is 1.75 bits per heavy atom. The quantitative estimate of drug-likeness (QED) is 0.815. The average molecular weight is 284 g/mol. The molecule has 20 heavy (non-hydrogen) atoms. The summed E-state index contributed by atoms with van der Waals surface area (Å²) in [6, 6.07) is -0.147. The van der Waals surface area contributed by atoms with Crippen LogP contribution in [0.1, 0.15) is 65.2 Å². The monoisotopic (exact) mass is 284 g/mol. The second-order valence-electron chi connectivity index (χ2n) is 5.72. The summed E-state index contributed by atoms with van der Waals surface area (Å²) in [5.74, 6) is -0.866. The number of rotatable bonds is 5. The minimum atomic E-state index is -0.866. The van der Waals surface area contributed by atoms with Gasteiger partial charge in [0.05, 0.1) is 6.42 Å². The Balaban J connectivity index is 2.50. The summed E-state index contributed by atoms with van der Waals surface area (Å²) >= 11 is 0. The van der Waals surface area contributed by atoms with Gasteiger partial charge >= 0.3 is 12.0 Å². The van der Waals surface area contributed by atoms with Crippen LogP contribution in [0.15, 0.2) is 0 Å². The van der Waals surface area contributed by atoms with Crippen LogP contribution in [0.25, 0.3) is 0 Å². The maximum absolute atomic E-state index is 12.3. The maximum atomic E-state index is 12.3. The number of nitrogens with one attached hydrogen (secondary N) is 1. The SMILES string of the molecule is CCN(C(=O)NC1CCCCCCC1)C(C)CC(=O)O. The molecular formula is C15H28N2O3. The lowest BCUT2D eigenvalue weighted by Gasteiger charge is -2.30. The zero-order valence-electron chi connectivity index (χ0n) is 12.7. The first kappa shape index (κ1) is 16.8. The molecule has 1 rings (SSSR count). The van der Waals surface area contributed by atoms with Gasteiger partial charge in [0.1, 0.15) is 0 Å². The molecule has 2 N–H and O–H groups in total. The van der Waals surface area contributed by atoms with Crippen LogP contribution in [0, 0.1) is 0 Å². The zero-order chi connectivity index (χ0) is 15.0. The van der Waals surface area contributed by atoms with Gasteiger partial charge in [0, 0.05) is 18.6 Å². The molecule has 0 radical (unpaired) electrons. The highest BCUT2D eigenvalue weighted by Gasteiger charge is 2.23. The number of carboxylic acid groups (broad SMARTS) is 1. The predicted octanol–water partition coefficient (Wildman–Crippen LogP) is 2.99. The van der Waals surface area contributed by atoms with Gasteiger partial charge in [0.25, 0.3) is 0 Å². The minimum absolute atomic E-state index is 0.00801. The van der Waals surface area contributed by atoms with Gasteiger partial charge in [-0.3, -0.25) is 4.79 Å². The van der Waals surface area contributed by atoms with E-state index in [4.69, 9.17) is 5.11 Å². The van der Waals surface area contributed by atoms with Crippen LogP contribution in [0.3, 0.4) is 0 Å². The van der Waals surface area contributed by atoms with E-state index in [1.807, 2.05) is 6.92 Å². The van der Waals surface area contributed by atoms with Crippen molar-refractivity contribution in [3.8, 4) is 0 Å². The van der Waals surface area contributed by atoms with E-state index in [0.717, 1.165) is 12.8 Å². The Labute approximate surface area is 121 Å². The Hall–Kier alpha value is -1.26. The normalized spacial score (nSPS) is 18.7. The van der Waals surface area contributed by atoms with Gasteiger partial charge in [-0.1, -0.05) is 32.1 Å². The molecule has 5 heteroatoms. The van der Waals surface area contributed by atoms with Gasteiger partial charge in [0.2, 0.25) is 0 Å². The van der Waals surface area contributed by atoms with Crippen molar-refractivity contribution in [2.45, 2.75) is 77.3 Å². The number of urea groups is 1. The zero-order valence-corrected chi connectivity index (χ0v) is 12.7. The maximum Gasteiger partial charge on any atom is 0.317 e. The Kier molecular flexibility index (Phi) is 7.41. The van der Waals surface area contributed by atoms with Crippen molar-refractivity contribution in [2.75, 3.05) is 6.54 Å². The van der Waals surface area contributed by atoms with E-state index in [-0.39, 0.29) is 24.5 Å². The average Bonchev–Trinajstić information content (AvgIpc) is 2.32. The van der Waals surface area contributed by atoms with Gasteiger partial charge in [-0.15, -0.1) is 0 Å². The molecule has 0 aromatic carbocycles. The second kappa shape index (κ2) is 8.82. The van der Waals surface area contributed by atoms with Crippen molar-refractivity contribution in [2.24, 2.45) is 0 Å². The highest BCUT2D eigenvalue weighted by molar-refractivity contribution is 5.76. The lowest BCUT2D eigenvalue weighted by Crippen LogP contribution is -2.49. The Bertz CT molecular complexity index is 312. The number of nitrogens with zero attached hydrogens (tertiary/aromatic N) is 1. The van der Waals surface area contributed by atoms with Gasteiger partial charge < -0.3 is 15.3 Å². The van der Waals surface area contributed by atoms with Crippen LogP contribution < -0.4 is 5.32 Å². The van der Waals surface area contributed by atoms with E-state index in [1.54, 1.807) is 11.8 Å². The van der Waals surface area contributed by atoms with Gasteiger partial charge in [0.15, 0.2) is 0 Å². The largest absolute Gasteiger partial charge is 0.481 e. The molecule has 116 valence electrons. The number of carboxylic acids is 1. The number of amides is 2. The molecule has 0 bridgehead atoms. The van der Waals surface area contributed by atoms with E-state index in [0.29, 0.717) is 6.54 Å². The summed E-state index contributed by atoms with van der Waals surface area (Å²) in [7, 11) is 0.